The number of allylic oxidation sites excluding steroid dienone is 2. The maximum Gasteiger partial charge on any atom is 0.233 e. The number of β-amino-alcohol motifs (C(OH)–C–C–N with tert-alkyl or cyclic N) is 1. The normalized spacial score (nSPS) is 32.0. The van der Waals surface area contributed by atoms with Gasteiger partial charge in [0, 0.05) is 0 Å². The number of likely N-dealkylation sites (tertiary alicyclic amines) is 1. The van der Waals surface area contributed by atoms with Crippen molar-refractivity contribution >= 4 is 11.8 Å². The number of amides is 2. The second kappa shape index (κ2) is 3.77. The summed E-state index contributed by atoms with van der Waals surface area (Å²) >= 11 is 0. The number of fused-ring (bicyclic) bond motifs is 1. The lowest BCUT2D eigenvalue weighted by molar-refractivity contribution is -0.141. The molecule has 4 heteroatoms. The number of imide groups is 1. The topological polar surface area (TPSA) is 57.6 Å². The lowest BCUT2D eigenvalue weighted by Crippen LogP contribution is -2.36. The van der Waals surface area contributed by atoms with Crippen molar-refractivity contribution in [1.82, 2.24) is 4.90 Å². The first-order chi connectivity index (χ1) is 7.11. The summed E-state index contributed by atoms with van der Waals surface area (Å²) in [4.78, 5) is 24.9. The van der Waals surface area contributed by atoms with E-state index in [1.165, 1.54) is 4.90 Å². The minimum Gasteiger partial charge on any atom is -0.392 e. The van der Waals surface area contributed by atoms with Crippen LogP contribution < -0.4 is 0 Å². The van der Waals surface area contributed by atoms with Gasteiger partial charge in [0.2, 0.25) is 11.8 Å². The second-order valence-electron chi connectivity index (χ2n) is 4.29. The van der Waals surface area contributed by atoms with Gasteiger partial charge in [-0.1, -0.05) is 12.2 Å². The van der Waals surface area contributed by atoms with E-state index in [1.54, 1.807) is 6.92 Å². The zero-order chi connectivity index (χ0) is 11.0. The molecule has 82 valence electrons. The fourth-order valence-electron chi connectivity index (χ4n) is 2.31. The Kier molecular flexibility index (Phi) is 2.61. The number of aliphatic hydroxyl groups excluding tert-OH is 1. The molecule has 2 rings (SSSR count). The minimum absolute atomic E-state index is 0.116. The number of hydrogen-bond acceptors (Lipinski definition) is 3. The van der Waals surface area contributed by atoms with Crippen LogP contribution in [0.5, 0.6) is 0 Å². The average molecular weight is 209 g/mol. The third-order valence-electron chi connectivity index (χ3n) is 3.05. The van der Waals surface area contributed by atoms with E-state index in [4.69, 9.17) is 0 Å². The van der Waals surface area contributed by atoms with Crippen LogP contribution in [0.3, 0.4) is 0 Å². The van der Waals surface area contributed by atoms with Gasteiger partial charge in [0.25, 0.3) is 0 Å². The molecule has 3 unspecified atom stereocenters. The number of rotatable bonds is 2. The minimum atomic E-state index is -0.647. The lowest BCUT2D eigenvalue weighted by Gasteiger charge is -2.16. The molecule has 1 N–H and O–H groups in total. The van der Waals surface area contributed by atoms with Gasteiger partial charge in [-0.25, -0.2) is 0 Å². The van der Waals surface area contributed by atoms with Crippen molar-refractivity contribution in [3.05, 3.63) is 12.2 Å². The zero-order valence-corrected chi connectivity index (χ0v) is 8.72. The molecule has 0 spiro atoms. The number of hydrogen-bond donors (Lipinski definition) is 1. The van der Waals surface area contributed by atoms with Gasteiger partial charge in [0.1, 0.15) is 0 Å². The third kappa shape index (κ3) is 1.69. The van der Waals surface area contributed by atoms with Gasteiger partial charge in [0.05, 0.1) is 24.5 Å². The van der Waals surface area contributed by atoms with Crippen molar-refractivity contribution < 1.29 is 14.7 Å². The van der Waals surface area contributed by atoms with Crippen molar-refractivity contribution in [2.75, 3.05) is 6.54 Å². The van der Waals surface area contributed by atoms with Crippen molar-refractivity contribution in [3.63, 3.8) is 0 Å². The molecule has 4 nitrogen and oxygen atoms in total. The molecule has 1 aliphatic carbocycles. The fourth-order valence-corrected chi connectivity index (χ4v) is 2.31. The Hall–Kier alpha value is -1.16. The molecule has 3 atom stereocenters. The highest BCUT2D eigenvalue weighted by atomic mass is 16.3. The van der Waals surface area contributed by atoms with Gasteiger partial charge >= 0.3 is 0 Å². The molecule has 1 fully saturated rings. The van der Waals surface area contributed by atoms with E-state index in [0.29, 0.717) is 12.8 Å². The van der Waals surface area contributed by atoms with Crippen LogP contribution in [0.25, 0.3) is 0 Å². The predicted octanol–water partition coefficient (Wildman–Crippen LogP) is 0.318. The van der Waals surface area contributed by atoms with Crippen LogP contribution in [0.15, 0.2) is 12.2 Å². The largest absolute Gasteiger partial charge is 0.392 e. The standard InChI is InChI=1S/C11H15NO3/c1-7(13)6-12-10(14)8-4-2-3-5-9(8)11(12)15/h2-3,7-9,13H,4-6H2,1H3. The molecule has 0 radical (unpaired) electrons. The Morgan fingerprint density at radius 1 is 1.33 bits per heavy atom. The summed E-state index contributed by atoms with van der Waals surface area (Å²) in [6.45, 7) is 1.71. The first-order valence-electron chi connectivity index (χ1n) is 5.29. The summed E-state index contributed by atoms with van der Waals surface area (Å²) in [6.07, 6.45) is 4.58. The average Bonchev–Trinajstić information content (AvgIpc) is 2.44. The molecule has 2 amide bonds. The highest BCUT2D eigenvalue weighted by Gasteiger charge is 2.47. The molecule has 0 aromatic heterocycles. The first kappa shape index (κ1) is 10.4. The molecule has 0 saturated carbocycles. The number of aliphatic hydroxyl groups is 1. The molecule has 1 aliphatic heterocycles. The van der Waals surface area contributed by atoms with Gasteiger partial charge in [-0.3, -0.25) is 14.5 Å². The monoisotopic (exact) mass is 209 g/mol. The smallest absolute Gasteiger partial charge is 0.233 e. The van der Waals surface area contributed by atoms with E-state index in [1.807, 2.05) is 12.2 Å². The predicted molar refractivity (Wildman–Crippen MR) is 53.8 cm³/mol. The van der Waals surface area contributed by atoms with E-state index in [2.05, 4.69) is 0 Å². The van der Waals surface area contributed by atoms with Gasteiger partial charge < -0.3 is 5.11 Å². The zero-order valence-electron chi connectivity index (χ0n) is 8.72. The molecular formula is C11H15NO3. The van der Waals surface area contributed by atoms with Crippen LogP contribution in [-0.2, 0) is 9.59 Å². The molecule has 15 heavy (non-hydrogen) atoms. The van der Waals surface area contributed by atoms with Crippen molar-refractivity contribution in [1.29, 1.82) is 0 Å². The van der Waals surface area contributed by atoms with Crippen LogP contribution in [0.2, 0.25) is 0 Å². The summed E-state index contributed by atoms with van der Waals surface area (Å²) in [5.74, 6) is -0.590. The van der Waals surface area contributed by atoms with Gasteiger partial charge in [-0.15, -0.1) is 0 Å². The second-order valence-corrected chi connectivity index (χ2v) is 4.29. The number of carbonyl (C=O) groups excluding carboxylic acids is 2. The van der Waals surface area contributed by atoms with Crippen LogP contribution in [0.4, 0.5) is 0 Å². The van der Waals surface area contributed by atoms with E-state index in [9.17, 15) is 14.7 Å². The third-order valence-corrected chi connectivity index (χ3v) is 3.05. The van der Waals surface area contributed by atoms with E-state index in [0.717, 1.165) is 0 Å². The molecule has 0 aromatic carbocycles. The first-order valence-corrected chi connectivity index (χ1v) is 5.29. The Labute approximate surface area is 88.6 Å². The summed E-state index contributed by atoms with van der Waals surface area (Å²) < 4.78 is 0. The Morgan fingerprint density at radius 3 is 2.20 bits per heavy atom. The number of nitrogens with zero attached hydrogens (tertiary/aromatic N) is 1. The SMILES string of the molecule is CC(O)CN1C(=O)C2CC=CCC2C1=O. The van der Waals surface area contributed by atoms with Crippen LogP contribution >= 0.6 is 0 Å². The van der Waals surface area contributed by atoms with Crippen molar-refractivity contribution in [2.45, 2.75) is 25.9 Å². The van der Waals surface area contributed by atoms with E-state index < -0.39 is 6.10 Å². The molecule has 0 bridgehead atoms. The van der Waals surface area contributed by atoms with Crippen molar-refractivity contribution in [2.24, 2.45) is 11.8 Å². The summed E-state index contributed by atoms with van der Waals surface area (Å²) in [5, 5.41) is 9.22. The van der Waals surface area contributed by atoms with Gasteiger partial charge in [0.15, 0.2) is 0 Å². The van der Waals surface area contributed by atoms with Crippen LogP contribution in [-0.4, -0.2) is 34.5 Å². The molecular weight excluding hydrogens is 194 g/mol. The van der Waals surface area contributed by atoms with E-state index in [-0.39, 0.29) is 30.2 Å². The fraction of sp³-hybridized carbons (Fsp3) is 0.636. The van der Waals surface area contributed by atoms with Crippen LogP contribution in [0.1, 0.15) is 19.8 Å². The maximum absolute atomic E-state index is 11.8. The lowest BCUT2D eigenvalue weighted by atomic mass is 9.85. The quantitative estimate of drug-likeness (QED) is 0.526. The summed E-state index contributed by atoms with van der Waals surface area (Å²) in [6, 6.07) is 0. The highest BCUT2D eigenvalue weighted by molar-refractivity contribution is 6.05. The summed E-state index contributed by atoms with van der Waals surface area (Å²) in [7, 11) is 0. The Morgan fingerprint density at radius 2 is 1.80 bits per heavy atom. The van der Waals surface area contributed by atoms with Gasteiger partial charge in [-0.05, 0) is 19.8 Å². The molecule has 1 heterocycles. The maximum atomic E-state index is 11.8. The Balaban J connectivity index is 2.17. The molecule has 0 aromatic rings. The highest BCUT2D eigenvalue weighted by Crippen LogP contribution is 2.34. The van der Waals surface area contributed by atoms with Crippen molar-refractivity contribution in [3.8, 4) is 0 Å². The number of carbonyl (C=O) groups is 2. The van der Waals surface area contributed by atoms with E-state index >= 15 is 0 Å². The Bertz CT molecular complexity index is 296. The summed E-state index contributed by atoms with van der Waals surface area (Å²) in [5.41, 5.74) is 0. The molecule has 2 aliphatic rings. The van der Waals surface area contributed by atoms with Crippen LogP contribution in [0, 0.1) is 11.8 Å². The molecule has 1 saturated heterocycles. The van der Waals surface area contributed by atoms with Gasteiger partial charge in [-0.2, -0.15) is 0 Å².